The smallest absolute Gasteiger partial charge is 0.280 e. The molecule has 1 heterocycles. The zero-order valence-electron chi connectivity index (χ0n) is 10.8. The minimum Gasteiger partial charge on any atom is -0.457 e. The quantitative estimate of drug-likeness (QED) is 0.626. The first kappa shape index (κ1) is 13.8. The summed E-state index contributed by atoms with van der Waals surface area (Å²) in [5.41, 5.74) is 0.0856. The highest BCUT2D eigenvalue weighted by molar-refractivity contribution is 6.35. The molecule has 1 aromatic heterocycles. The number of hydrogen-bond donors (Lipinski definition) is 0. The van der Waals surface area contributed by atoms with Gasteiger partial charge in [-0.05, 0) is 36.4 Å². The average molecular weight is 306 g/mol. The fourth-order valence-electron chi connectivity index (χ4n) is 1.98. The predicted octanol–water partition coefficient (Wildman–Crippen LogP) is 5.62. The first-order valence-corrected chi connectivity index (χ1v) is 6.62. The van der Waals surface area contributed by atoms with Crippen molar-refractivity contribution in [1.29, 1.82) is 0 Å². The number of halogens is 3. The van der Waals surface area contributed by atoms with Gasteiger partial charge in [-0.1, -0.05) is 29.8 Å². The summed E-state index contributed by atoms with van der Waals surface area (Å²) in [4.78, 5) is 3.89. The van der Waals surface area contributed by atoms with Gasteiger partial charge in [-0.2, -0.15) is 0 Å². The summed E-state index contributed by atoms with van der Waals surface area (Å²) < 4.78 is 31.1. The highest BCUT2D eigenvalue weighted by Gasteiger charge is 2.13. The molecule has 3 rings (SSSR count). The van der Waals surface area contributed by atoms with E-state index in [1.54, 1.807) is 18.2 Å². The number of aromatic nitrogens is 1. The molecule has 0 N–H and O–H groups in total. The molecule has 106 valence electrons. The van der Waals surface area contributed by atoms with Gasteiger partial charge in [0.25, 0.3) is 6.43 Å². The van der Waals surface area contributed by atoms with Crippen LogP contribution in [-0.2, 0) is 0 Å². The predicted molar refractivity (Wildman–Crippen MR) is 78.2 cm³/mol. The van der Waals surface area contributed by atoms with Crippen molar-refractivity contribution in [2.24, 2.45) is 0 Å². The van der Waals surface area contributed by atoms with E-state index in [0.717, 1.165) is 0 Å². The summed E-state index contributed by atoms with van der Waals surface area (Å²) in [5, 5.41) is 0.809. The number of benzene rings is 2. The number of fused-ring (bicyclic) bond motifs is 1. The molecule has 0 radical (unpaired) electrons. The van der Waals surface area contributed by atoms with Gasteiger partial charge in [0.1, 0.15) is 17.2 Å². The van der Waals surface area contributed by atoms with Crippen LogP contribution in [-0.4, -0.2) is 4.98 Å². The van der Waals surface area contributed by atoms with E-state index in [1.807, 2.05) is 30.3 Å². The van der Waals surface area contributed by atoms with Crippen molar-refractivity contribution in [2.75, 3.05) is 0 Å². The Balaban J connectivity index is 2.00. The Labute approximate surface area is 125 Å². The van der Waals surface area contributed by atoms with Gasteiger partial charge < -0.3 is 4.74 Å². The van der Waals surface area contributed by atoms with Gasteiger partial charge in [-0.25, -0.2) is 13.8 Å². The third-order valence-corrected chi connectivity index (χ3v) is 3.26. The van der Waals surface area contributed by atoms with Crippen LogP contribution in [0.15, 0.2) is 54.6 Å². The van der Waals surface area contributed by atoms with E-state index in [9.17, 15) is 8.78 Å². The second kappa shape index (κ2) is 5.66. The van der Waals surface area contributed by atoms with Crippen LogP contribution in [0.1, 0.15) is 12.1 Å². The Bertz CT molecular complexity index is 778. The number of ether oxygens (including phenoxy) is 1. The minimum absolute atomic E-state index is 0.230. The van der Waals surface area contributed by atoms with E-state index in [4.69, 9.17) is 16.3 Å². The molecule has 0 aliphatic carbocycles. The fourth-order valence-corrected chi connectivity index (χ4v) is 2.25. The van der Waals surface area contributed by atoms with E-state index >= 15 is 0 Å². The SMILES string of the molecule is FC(F)c1cc(Cl)c2cc(Oc3ccccc3)ccc2n1. The molecule has 0 aliphatic heterocycles. The number of nitrogens with zero attached hydrogens (tertiary/aromatic N) is 1. The lowest BCUT2D eigenvalue weighted by Crippen LogP contribution is -1.92. The standard InChI is InChI=1S/C16H10ClF2NO/c17-13-9-15(16(18)19)20-14-7-6-11(8-12(13)14)21-10-4-2-1-3-5-10/h1-9,16H. The second-order valence-corrected chi connectivity index (χ2v) is 4.83. The molecule has 0 unspecified atom stereocenters. The topological polar surface area (TPSA) is 22.1 Å². The molecule has 0 amide bonds. The lowest BCUT2D eigenvalue weighted by Gasteiger charge is -2.08. The Morgan fingerprint density at radius 1 is 0.952 bits per heavy atom. The van der Waals surface area contributed by atoms with Crippen molar-refractivity contribution in [3.05, 3.63) is 65.3 Å². The van der Waals surface area contributed by atoms with Gasteiger partial charge in [0.05, 0.1) is 10.5 Å². The molecule has 0 fully saturated rings. The zero-order chi connectivity index (χ0) is 14.8. The van der Waals surface area contributed by atoms with Crippen LogP contribution in [0.25, 0.3) is 10.9 Å². The summed E-state index contributed by atoms with van der Waals surface area (Å²) in [5.74, 6) is 1.26. The maximum atomic E-state index is 12.7. The van der Waals surface area contributed by atoms with Gasteiger partial charge in [-0.3, -0.25) is 0 Å². The van der Waals surface area contributed by atoms with Crippen molar-refractivity contribution < 1.29 is 13.5 Å². The van der Waals surface area contributed by atoms with Gasteiger partial charge >= 0.3 is 0 Å². The Morgan fingerprint density at radius 2 is 1.71 bits per heavy atom. The zero-order valence-corrected chi connectivity index (χ0v) is 11.5. The van der Waals surface area contributed by atoms with Crippen LogP contribution >= 0.6 is 11.6 Å². The van der Waals surface area contributed by atoms with E-state index in [-0.39, 0.29) is 10.7 Å². The molecule has 2 nitrogen and oxygen atoms in total. The largest absolute Gasteiger partial charge is 0.457 e. The maximum absolute atomic E-state index is 12.7. The van der Waals surface area contributed by atoms with Crippen LogP contribution in [0, 0.1) is 0 Å². The fraction of sp³-hybridized carbons (Fsp3) is 0.0625. The number of rotatable bonds is 3. The van der Waals surface area contributed by atoms with Gasteiger partial charge in [0.15, 0.2) is 0 Å². The number of para-hydroxylation sites is 1. The molecule has 0 atom stereocenters. The molecule has 21 heavy (non-hydrogen) atoms. The van der Waals surface area contributed by atoms with Crippen LogP contribution in [0.5, 0.6) is 11.5 Å². The summed E-state index contributed by atoms with van der Waals surface area (Å²) >= 11 is 6.05. The van der Waals surface area contributed by atoms with Gasteiger partial charge in [0.2, 0.25) is 0 Å². The lowest BCUT2D eigenvalue weighted by molar-refractivity contribution is 0.146. The van der Waals surface area contributed by atoms with Crippen molar-refractivity contribution in [2.45, 2.75) is 6.43 Å². The maximum Gasteiger partial charge on any atom is 0.280 e. The summed E-state index contributed by atoms with van der Waals surface area (Å²) in [6.07, 6.45) is -2.65. The molecule has 2 aromatic carbocycles. The molecular formula is C16H10ClF2NO. The van der Waals surface area contributed by atoms with E-state index in [0.29, 0.717) is 22.4 Å². The lowest BCUT2D eigenvalue weighted by atomic mass is 10.2. The Kier molecular flexibility index (Phi) is 3.71. The highest BCUT2D eigenvalue weighted by Crippen LogP contribution is 2.31. The molecule has 5 heteroatoms. The van der Waals surface area contributed by atoms with E-state index < -0.39 is 6.43 Å². The van der Waals surface area contributed by atoms with Crippen molar-refractivity contribution in [3.8, 4) is 11.5 Å². The molecule has 0 aliphatic rings. The summed E-state index contributed by atoms with van der Waals surface area (Å²) in [6.45, 7) is 0. The third kappa shape index (κ3) is 2.95. The third-order valence-electron chi connectivity index (χ3n) is 2.95. The van der Waals surface area contributed by atoms with Crippen LogP contribution < -0.4 is 4.74 Å². The molecular weight excluding hydrogens is 296 g/mol. The van der Waals surface area contributed by atoms with Crippen LogP contribution in [0.4, 0.5) is 8.78 Å². The van der Waals surface area contributed by atoms with Crippen molar-refractivity contribution >= 4 is 22.5 Å². The first-order valence-electron chi connectivity index (χ1n) is 6.25. The highest BCUT2D eigenvalue weighted by atomic mass is 35.5. The van der Waals surface area contributed by atoms with Gasteiger partial charge in [-0.15, -0.1) is 0 Å². The molecule has 0 spiro atoms. The summed E-state index contributed by atoms with van der Waals surface area (Å²) in [6, 6.07) is 15.4. The van der Waals surface area contributed by atoms with E-state index in [2.05, 4.69) is 4.98 Å². The normalized spacial score (nSPS) is 11.0. The first-order chi connectivity index (χ1) is 10.1. The molecule has 0 bridgehead atoms. The monoisotopic (exact) mass is 305 g/mol. The molecule has 0 saturated carbocycles. The van der Waals surface area contributed by atoms with E-state index in [1.165, 1.54) is 6.07 Å². The molecule has 3 aromatic rings. The number of hydrogen-bond acceptors (Lipinski definition) is 2. The van der Waals surface area contributed by atoms with Crippen molar-refractivity contribution in [1.82, 2.24) is 4.98 Å². The average Bonchev–Trinajstić information content (AvgIpc) is 2.48. The van der Waals surface area contributed by atoms with Gasteiger partial charge in [0, 0.05) is 5.39 Å². The summed E-state index contributed by atoms with van der Waals surface area (Å²) in [7, 11) is 0. The van der Waals surface area contributed by atoms with Crippen LogP contribution in [0.3, 0.4) is 0 Å². The number of alkyl halides is 2. The molecule has 0 saturated heterocycles. The Morgan fingerprint density at radius 3 is 2.43 bits per heavy atom. The number of pyridine rings is 1. The minimum atomic E-state index is -2.65. The second-order valence-electron chi connectivity index (χ2n) is 4.42. The van der Waals surface area contributed by atoms with Crippen LogP contribution in [0.2, 0.25) is 5.02 Å². The Hall–Kier alpha value is -2.20. The van der Waals surface area contributed by atoms with Crippen molar-refractivity contribution in [3.63, 3.8) is 0 Å².